The summed E-state index contributed by atoms with van der Waals surface area (Å²) in [7, 11) is 0. The number of nitrogens with one attached hydrogen (secondary N) is 1. The van der Waals surface area contributed by atoms with Crippen LogP contribution in [0.1, 0.15) is 23.7 Å². The second-order valence-corrected chi connectivity index (χ2v) is 4.73. The fourth-order valence-electron chi connectivity index (χ4n) is 1.46. The first-order valence-electron chi connectivity index (χ1n) is 5.72. The molecule has 0 aliphatic heterocycles. The molecule has 6 heteroatoms. The van der Waals surface area contributed by atoms with E-state index in [0.29, 0.717) is 16.9 Å². The summed E-state index contributed by atoms with van der Waals surface area (Å²) in [5.74, 6) is -1.26. The molecule has 0 heterocycles. The predicted molar refractivity (Wildman–Crippen MR) is 72.0 cm³/mol. The minimum absolute atomic E-state index is 0.237. The van der Waals surface area contributed by atoms with E-state index in [1.165, 1.54) is 11.8 Å². The number of carbonyl (C=O) groups is 2. The number of hydrogen-bond acceptors (Lipinski definition) is 4. The number of hydrogen-bond donors (Lipinski definition) is 2. The molecule has 0 aliphatic carbocycles. The minimum atomic E-state index is -1.06. The van der Waals surface area contributed by atoms with E-state index in [1.54, 1.807) is 31.2 Å². The molecule has 0 aromatic heterocycles. The van der Waals surface area contributed by atoms with Crippen molar-refractivity contribution in [3.8, 4) is 6.07 Å². The van der Waals surface area contributed by atoms with Crippen LogP contribution in [0.15, 0.2) is 29.2 Å². The molecule has 100 valence electrons. The lowest BCUT2D eigenvalue weighted by atomic mass is 10.1. The van der Waals surface area contributed by atoms with Gasteiger partial charge in [-0.1, -0.05) is 19.1 Å². The molecule has 1 atom stereocenters. The number of carboxylic acids is 1. The number of rotatable bonds is 6. The first-order valence-corrected chi connectivity index (χ1v) is 6.71. The maximum atomic E-state index is 12.0. The zero-order chi connectivity index (χ0) is 14.3. The van der Waals surface area contributed by atoms with E-state index in [0.717, 1.165) is 0 Å². The van der Waals surface area contributed by atoms with Gasteiger partial charge in [-0.2, -0.15) is 5.26 Å². The van der Waals surface area contributed by atoms with Gasteiger partial charge in [-0.25, -0.2) is 4.79 Å². The number of nitrogens with zero attached hydrogens (tertiary/aromatic N) is 1. The lowest BCUT2D eigenvalue weighted by Gasteiger charge is -2.13. The van der Waals surface area contributed by atoms with Crippen LogP contribution in [0.2, 0.25) is 0 Å². The SMILES string of the molecule is CC[C@@H](NC(=O)c1ccccc1SCC#N)C(=O)O. The summed E-state index contributed by atoms with van der Waals surface area (Å²) in [5.41, 5.74) is 0.391. The number of thioether (sulfide) groups is 1. The van der Waals surface area contributed by atoms with Gasteiger partial charge in [0.05, 0.1) is 17.4 Å². The van der Waals surface area contributed by atoms with Crippen molar-refractivity contribution in [1.29, 1.82) is 5.26 Å². The van der Waals surface area contributed by atoms with Crippen LogP contribution >= 0.6 is 11.8 Å². The van der Waals surface area contributed by atoms with Gasteiger partial charge in [0.15, 0.2) is 0 Å². The average molecular weight is 278 g/mol. The topological polar surface area (TPSA) is 90.2 Å². The molecule has 0 radical (unpaired) electrons. The molecule has 0 aliphatic rings. The van der Waals surface area contributed by atoms with Gasteiger partial charge < -0.3 is 10.4 Å². The molecule has 0 spiro atoms. The molecule has 1 aromatic rings. The van der Waals surface area contributed by atoms with Crippen molar-refractivity contribution in [2.45, 2.75) is 24.3 Å². The first-order chi connectivity index (χ1) is 9.10. The highest BCUT2D eigenvalue weighted by atomic mass is 32.2. The Morgan fingerprint density at radius 1 is 1.47 bits per heavy atom. The third-order valence-corrected chi connectivity index (χ3v) is 3.38. The number of amides is 1. The molecular weight excluding hydrogens is 264 g/mol. The van der Waals surface area contributed by atoms with Gasteiger partial charge in [-0.3, -0.25) is 4.79 Å². The highest BCUT2D eigenvalue weighted by molar-refractivity contribution is 7.99. The number of nitriles is 1. The van der Waals surface area contributed by atoms with Crippen molar-refractivity contribution in [2.24, 2.45) is 0 Å². The second-order valence-electron chi connectivity index (χ2n) is 3.72. The van der Waals surface area contributed by atoms with Crippen molar-refractivity contribution in [1.82, 2.24) is 5.32 Å². The monoisotopic (exact) mass is 278 g/mol. The molecule has 0 saturated heterocycles. The van der Waals surface area contributed by atoms with Crippen LogP contribution in [0.25, 0.3) is 0 Å². The van der Waals surface area contributed by atoms with Gasteiger partial charge in [0.25, 0.3) is 5.91 Å². The van der Waals surface area contributed by atoms with E-state index in [-0.39, 0.29) is 5.75 Å². The standard InChI is InChI=1S/C13H14N2O3S/c1-2-10(13(17)18)15-12(16)9-5-3-4-6-11(9)19-8-7-14/h3-6,10H,2,8H2,1H3,(H,15,16)(H,17,18)/t10-/m1/s1. The predicted octanol–water partition coefficient (Wildman–Crippen LogP) is 1.90. The van der Waals surface area contributed by atoms with Crippen LogP contribution in [0, 0.1) is 11.3 Å². The molecule has 0 unspecified atom stereocenters. The summed E-state index contributed by atoms with van der Waals surface area (Å²) in [6.07, 6.45) is 0.314. The fourth-order valence-corrected chi connectivity index (χ4v) is 2.18. The Labute approximate surface area is 115 Å². The lowest BCUT2D eigenvalue weighted by Crippen LogP contribution is -2.40. The Hall–Kier alpha value is -2.00. The summed E-state index contributed by atoms with van der Waals surface area (Å²) in [4.78, 5) is 23.6. The molecular formula is C13H14N2O3S. The molecule has 1 amide bonds. The van der Waals surface area contributed by atoms with E-state index >= 15 is 0 Å². The van der Waals surface area contributed by atoms with Gasteiger partial charge in [0.1, 0.15) is 6.04 Å². The second kappa shape index (κ2) is 7.44. The maximum Gasteiger partial charge on any atom is 0.326 e. The molecule has 0 bridgehead atoms. The van der Waals surface area contributed by atoms with Crippen LogP contribution in [-0.2, 0) is 4.79 Å². The van der Waals surface area contributed by atoms with E-state index in [9.17, 15) is 9.59 Å². The van der Waals surface area contributed by atoms with Crippen LogP contribution < -0.4 is 5.32 Å². The largest absolute Gasteiger partial charge is 0.480 e. The highest BCUT2D eigenvalue weighted by Crippen LogP contribution is 2.22. The number of carboxylic acid groups (broad SMARTS) is 1. The third-order valence-electron chi connectivity index (χ3n) is 2.44. The summed E-state index contributed by atoms with van der Waals surface area (Å²) in [6, 6.07) is 7.91. The van der Waals surface area contributed by atoms with Crippen LogP contribution in [0.4, 0.5) is 0 Å². The van der Waals surface area contributed by atoms with Gasteiger partial charge in [0, 0.05) is 4.90 Å². The first kappa shape index (κ1) is 15.1. The average Bonchev–Trinajstić information content (AvgIpc) is 2.42. The molecule has 0 fully saturated rings. The van der Waals surface area contributed by atoms with Gasteiger partial charge in [-0.15, -0.1) is 11.8 Å². The van der Waals surface area contributed by atoms with Crippen LogP contribution in [-0.4, -0.2) is 28.8 Å². The zero-order valence-electron chi connectivity index (χ0n) is 10.4. The highest BCUT2D eigenvalue weighted by Gasteiger charge is 2.20. The molecule has 2 N–H and O–H groups in total. The minimum Gasteiger partial charge on any atom is -0.480 e. The zero-order valence-corrected chi connectivity index (χ0v) is 11.2. The van der Waals surface area contributed by atoms with Gasteiger partial charge in [0.2, 0.25) is 0 Å². The summed E-state index contributed by atoms with van der Waals surface area (Å²) in [5, 5.41) is 19.9. The Balaban J connectivity index is 2.87. The molecule has 5 nitrogen and oxygen atoms in total. The third kappa shape index (κ3) is 4.30. The van der Waals surface area contributed by atoms with Crippen molar-refractivity contribution < 1.29 is 14.7 Å². The molecule has 1 rings (SSSR count). The summed E-state index contributed by atoms with van der Waals surface area (Å²) in [6.45, 7) is 1.69. The van der Waals surface area contributed by atoms with Crippen molar-refractivity contribution in [2.75, 3.05) is 5.75 Å². The van der Waals surface area contributed by atoms with Crippen molar-refractivity contribution in [3.63, 3.8) is 0 Å². The normalized spacial score (nSPS) is 11.4. The Bertz CT molecular complexity index is 511. The van der Waals surface area contributed by atoms with E-state index in [4.69, 9.17) is 10.4 Å². The Morgan fingerprint density at radius 2 is 2.16 bits per heavy atom. The number of benzene rings is 1. The van der Waals surface area contributed by atoms with E-state index in [2.05, 4.69) is 5.32 Å². The lowest BCUT2D eigenvalue weighted by molar-refractivity contribution is -0.139. The van der Waals surface area contributed by atoms with Gasteiger partial charge in [-0.05, 0) is 18.6 Å². The number of aliphatic carboxylic acids is 1. The Morgan fingerprint density at radius 3 is 2.74 bits per heavy atom. The van der Waals surface area contributed by atoms with E-state index in [1.807, 2.05) is 6.07 Å². The molecule has 1 aromatic carbocycles. The van der Waals surface area contributed by atoms with Crippen LogP contribution in [0.3, 0.4) is 0 Å². The maximum absolute atomic E-state index is 12.0. The van der Waals surface area contributed by atoms with Crippen molar-refractivity contribution >= 4 is 23.6 Å². The molecule has 0 saturated carbocycles. The Kier molecular flexibility index (Phi) is 5.90. The van der Waals surface area contributed by atoms with Crippen molar-refractivity contribution in [3.05, 3.63) is 29.8 Å². The summed E-state index contributed by atoms with van der Waals surface area (Å²) >= 11 is 1.25. The van der Waals surface area contributed by atoms with E-state index < -0.39 is 17.9 Å². The summed E-state index contributed by atoms with van der Waals surface area (Å²) < 4.78 is 0. The van der Waals surface area contributed by atoms with Gasteiger partial charge >= 0.3 is 5.97 Å². The smallest absolute Gasteiger partial charge is 0.326 e. The van der Waals surface area contributed by atoms with Crippen LogP contribution in [0.5, 0.6) is 0 Å². The fraction of sp³-hybridized carbons (Fsp3) is 0.308. The molecule has 19 heavy (non-hydrogen) atoms. The quantitative estimate of drug-likeness (QED) is 0.775. The number of carbonyl (C=O) groups excluding carboxylic acids is 1.